The molecule has 3 heteroatoms. The van der Waals surface area contributed by atoms with E-state index in [4.69, 9.17) is 9.73 Å². The minimum atomic E-state index is -1.73. The number of hydrogen-bond acceptors (Lipinski definition) is 2. The van der Waals surface area contributed by atoms with Crippen molar-refractivity contribution in [2.24, 2.45) is 4.99 Å². The zero-order valence-electron chi connectivity index (χ0n) is 18.5. The van der Waals surface area contributed by atoms with E-state index in [1.54, 1.807) is 0 Å². The fourth-order valence-electron chi connectivity index (χ4n) is 4.33. The zero-order chi connectivity index (χ0) is 20.4. The summed E-state index contributed by atoms with van der Waals surface area (Å²) < 4.78 is 6.14. The molecule has 0 atom stereocenters. The highest BCUT2D eigenvalue weighted by atomic mass is 28.3. The number of rotatable bonds is 4. The van der Waals surface area contributed by atoms with Gasteiger partial charge in [-0.3, -0.25) is 0 Å². The smallest absolute Gasteiger partial charge is 0.222 e. The van der Waals surface area contributed by atoms with Crippen molar-refractivity contribution < 1.29 is 4.74 Å². The molecule has 2 nitrogen and oxygen atoms in total. The molecule has 27 heavy (non-hydrogen) atoms. The molecular weight excluding hydrogens is 346 g/mol. The van der Waals surface area contributed by atoms with Crippen molar-refractivity contribution in [2.45, 2.75) is 84.5 Å². The Morgan fingerprint density at radius 3 is 2.15 bits per heavy atom. The topological polar surface area (TPSA) is 21.6 Å². The summed E-state index contributed by atoms with van der Waals surface area (Å²) in [4.78, 5) is 4.80. The molecule has 1 heterocycles. The third kappa shape index (κ3) is 4.38. The highest BCUT2D eigenvalue weighted by Crippen LogP contribution is 2.40. The Hall–Kier alpha value is -1.79. The average Bonchev–Trinajstić information content (AvgIpc) is 2.85. The average molecular weight is 382 g/mol. The van der Waals surface area contributed by atoms with Crippen LogP contribution in [0.5, 0.6) is 0 Å². The fraction of sp³-hybridized carbons (Fsp3) is 0.542. The van der Waals surface area contributed by atoms with Gasteiger partial charge in [0.05, 0.1) is 0 Å². The van der Waals surface area contributed by atoms with Crippen molar-refractivity contribution in [3.8, 4) is 11.5 Å². The van der Waals surface area contributed by atoms with Crippen molar-refractivity contribution in [1.29, 1.82) is 0 Å². The molecule has 0 spiro atoms. The molecule has 0 saturated heterocycles. The zero-order valence-corrected chi connectivity index (χ0v) is 19.5. The number of benzene rings is 1. The lowest BCUT2D eigenvalue weighted by Crippen LogP contribution is -2.43. The van der Waals surface area contributed by atoms with Crippen LogP contribution in [0.25, 0.3) is 0 Å². The van der Waals surface area contributed by atoms with Gasteiger partial charge < -0.3 is 4.74 Å². The second-order valence-corrected chi connectivity index (χ2v) is 14.7. The second kappa shape index (κ2) is 8.06. The van der Waals surface area contributed by atoms with Crippen LogP contribution in [0.1, 0.15) is 66.5 Å². The van der Waals surface area contributed by atoms with Crippen molar-refractivity contribution in [1.82, 2.24) is 0 Å². The Morgan fingerprint density at radius 1 is 1.04 bits per heavy atom. The maximum Gasteiger partial charge on any atom is 0.222 e. The Kier molecular flexibility index (Phi) is 6.42. The first kappa shape index (κ1) is 21.5. The Morgan fingerprint density at radius 2 is 1.63 bits per heavy atom. The molecule has 1 aromatic carbocycles. The normalized spacial score (nSPS) is 17.9. The van der Waals surface area contributed by atoms with Gasteiger partial charge in [0.1, 0.15) is 19.4 Å². The third-order valence-electron chi connectivity index (χ3n) is 5.81. The summed E-state index contributed by atoms with van der Waals surface area (Å²) >= 11 is 0. The Bertz CT molecular complexity index is 781. The molecule has 0 amide bonds. The summed E-state index contributed by atoms with van der Waals surface area (Å²) in [6.45, 7) is 20.3. The summed E-state index contributed by atoms with van der Waals surface area (Å²) in [5.41, 5.74) is 7.46. The lowest BCUT2D eigenvalue weighted by Gasteiger charge is -2.38. The summed E-state index contributed by atoms with van der Waals surface area (Å²) in [5, 5.41) is 0. The molecule has 1 aliphatic heterocycles. The maximum absolute atomic E-state index is 6.14. The van der Waals surface area contributed by atoms with E-state index in [2.05, 4.69) is 85.9 Å². The van der Waals surface area contributed by atoms with E-state index in [1.165, 1.54) is 5.56 Å². The van der Waals surface area contributed by atoms with Gasteiger partial charge in [-0.25, -0.2) is 4.99 Å². The fourth-order valence-corrected chi connectivity index (χ4v) is 9.52. The van der Waals surface area contributed by atoms with E-state index in [1.807, 2.05) is 18.2 Å². The van der Waals surface area contributed by atoms with Crippen molar-refractivity contribution in [3.05, 3.63) is 47.2 Å². The van der Waals surface area contributed by atoms with Crippen molar-refractivity contribution >= 4 is 14.0 Å². The first-order valence-electron chi connectivity index (χ1n) is 10.1. The molecule has 0 N–H and O–H groups in total. The molecule has 0 aliphatic carbocycles. The number of aryl methyl sites for hydroxylation is 1. The molecule has 146 valence electrons. The van der Waals surface area contributed by atoms with Crippen LogP contribution in [0.2, 0.25) is 16.6 Å². The van der Waals surface area contributed by atoms with Gasteiger partial charge in [-0.05, 0) is 49.5 Å². The lowest BCUT2D eigenvalue weighted by molar-refractivity contribution is 0.382. The number of aliphatic imine (C=N–C) groups is 1. The first-order chi connectivity index (χ1) is 12.5. The van der Waals surface area contributed by atoms with Gasteiger partial charge >= 0.3 is 0 Å². The number of allylic oxidation sites excluding steroid dienone is 1. The van der Waals surface area contributed by atoms with E-state index in [9.17, 15) is 0 Å². The number of nitrogens with zero attached hydrogens (tertiary/aromatic N) is 1. The molecule has 0 radical (unpaired) electrons. The quantitative estimate of drug-likeness (QED) is 0.422. The van der Waals surface area contributed by atoms with Crippen LogP contribution in [-0.2, 0) is 4.74 Å². The van der Waals surface area contributed by atoms with Gasteiger partial charge in [0.25, 0.3) is 0 Å². The molecule has 0 aromatic heterocycles. The Labute approximate surface area is 167 Å². The van der Waals surface area contributed by atoms with E-state index in [0.29, 0.717) is 22.5 Å². The summed E-state index contributed by atoms with van der Waals surface area (Å²) in [7, 11) is -1.73. The van der Waals surface area contributed by atoms with Crippen LogP contribution in [0.15, 0.2) is 41.1 Å². The number of ether oxygens (including phenoxy) is 1. The second-order valence-electron chi connectivity index (χ2n) is 9.12. The highest BCUT2D eigenvalue weighted by Gasteiger charge is 2.41. The summed E-state index contributed by atoms with van der Waals surface area (Å²) in [6, 6.07) is 8.28. The van der Waals surface area contributed by atoms with E-state index in [-0.39, 0.29) is 5.54 Å². The predicted molar refractivity (Wildman–Crippen MR) is 120 cm³/mol. The monoisotopic (exact) mass is 381 g/mol. The van der Waals surface area contributed by atoms with Crippen molar-refractivity contribution in [3.63, 3.8) is 0 Å². The molecule has 2 rings (SSSR count). The van der Waals surface area contributed by atoms with Gasteiger partial charge in [0, 0.05) is 11.6 Å². The molecular formula is C24H35NOSi. The maximum atomic E-state index is 6.14. The standard InChI is InChI=1S/C24H35NOSi/c1-17(2)27(18(3)4,19(5)6)15-11-14-22-24(8,9)25-23(26-22)21-13-10-12-20(7)16-21/h10,12-14,16-19H,1-9H3/b22-14+. The largest absolute Gasteiger partial charge is 0.440 e. The number of hydrogen-bond donors (Lipinski definition) is 0. The van der Waals surface area contributed by atoms with Crippen molar-refractivity contribution in [2.75, 3.05) is 0 Å². The third-order valence-corrected chi connectivity index (χ3v) is 12.1. The molecule has 1 aliphatic rings. The highest BCUT2D eigenvalue weighted by molar-refractivity contribution is 6.90. The first-order valence-corrected chi connectivity index (χ1v) is 12.3. The van der Waals surface area contributed by atoms with Crippen LogP contribution >= 0.6 is 0 Å². The van der Waals surface area contributed by atoms with E-state index < -0.39 is 8.07 Å². The molecule has 0 unspecified atom stereocenters. The van der Waals surface area contributed by atoms with Gasteiger partial charge in [-0.2, -0.15) is 0 Å². The molecule has 0 saturated carbocycles. The van der Waals surface area contributed by atoms with Gasteiger partial charge in [-0.1, -0.05) is 65.2 Å². The van der Waals surface area contributed by atoms with Gasteiger partial charge in [0.15, 0.2) is 0 Å². The summed E-state index contributed by atoms with van der Waals surface area (Å²) in [6.07, 6.45) is 1.96. The van der Waals surface area contributed by atoms with E-state index in [0.717, 1.165) is 11.3 Å². The van der Waals surface area contributed by atoms with E-state index >= 15 is 0 Å². The summed E-state index contributed by atoms with van der Waals surface area (Å²) in [5.74, 6) is 4.93. The predicted octanol–water partition coefficient (Wildman–Crippen LogP) is 6.66. The minimum absolute atomic E-state index is 0.383. The molecule has 0 bridgehead atoms. The SMILES string of the molecule is Cc1cccc(C2=NC(C)(C)/C(=C\C#C[Si](C(C)C)(C(C)C)C(C)C)O2)c1. The van der Waals surface area contributed by atoms with Gasteiger partial charge in [0.2, 0.25) is 5.90 Å². The Balaban J connectivity index is 2.35. The molecule has 1 aromatic rings. The minimum Gasteiger partial charge on any atom is -0.440 e. The lowest BCUT2D eigenvalue weighted by atomic mass is 10.0. The van der Waals surface area contributed by atoms with Crippen LogP contribution in [0.4, 0.5) is 0 Å². The van der Waals surface area contributed by atoms with Crippen LogP contribution in [0.3, 0.4) is 0 Å². The van der Waals surface area contributed by atoms with Crippen LogP contribution in [-0.4, -0.2) is 19.5 Å². The van der Waals surface area contributed by atoms with Crippen LogP contribution in [0, 0.1) is 18.4 Å². The van der Waals surface area contributed by atoms with Gasteiger partial charge in [-0.15, -0.1) is 5.54 Å². The van der Waals surface area contributed by atoms with Crippen LogP contribution < -0.4 is 0 Å². The molecule has 0 fully saturated rings.